The Morgan fingerprint density at radius 2 is 2.18 bits per heavy atom. The van der Waals surface area contributed by atoms with Crippen molar-refractivity contribution < 1.29 is 13.9 Å². The fourth-order valence-corrected chi connectivity index (χ4v) is 3.86. The molecule has 5 N–H and O–H groups in total. The number of nitrogen functional groups attached to an aromatic ring is 1. The van der Waals surface area contributed by atoms with Crippen LogP contribution < -0.4 is 26.4 Å². The Labute approximate surface area is 197 Å². The summed E-state index contributed by atoms with van der Waals surface area (Å²) in [5, 5.41) is 2.84. The van der Waals surface area contributed by atoms with Gasteiger partial charge in [0.25, 0.3) is 5.91 Å². The summed E-state index contributed by atoms with van der Waals surface area (Å²) in [6.45, 7) is 3.99. The number of hydrogen-bond donors (Lipinski definition) is 3. The number of anilines is 3. The third kappa shape index (κ3) is 5.23. The Kier molecular flexibility index (Phi) is 7.17. The highest BCUT2D eigenvalue weighted by molar-refractivity contribution is 6.07. The van der Waals surface area contributed by atoms with E-state index in [9.17, 15) is 9.18 Å². The van der Waals surface area contributed by atoms with Crippen LogP contribution in [0.1, 0.15) is 36.7 Å². The molecule has 1 atom stereocenters. The van der Waals surface area contributed by atoms with E-state index in [0.29, 0.717) is 24.6 Å². The van der Waals surface area contributed by atoms with E-state index >= 15 is 0 Å². The van der Waals surface area contributed by atoms with Crippen molar-refractivity contribution in [2.24, 2.45) is 5.73 Å². The summed E-state index contributed by atoms with van der Waals surface area (Å²) in [5.41, 5.74) is 13.6. The van der Waals surface area contributed by atoms with Gasteiger partial charge in [-0.25, -0.2) is 14.4 Å². The van der Waals surface area contributed by atoms with Gasteiger partial charge >= 0.3 is 0 Å². The molecule has 0 aliphatic carbocycles. The van der Waals surface area contributed by atoms with E-state index in [0.717, 1.165) is 31.5 Å². The zero-order valence-electron chi connectivity index (χ0n) is 19.0. The van der Waals surface area contributed by atoms with Crippen LogP contribution in [0.5, 0.6) is 5.75 Å². The first-order chi connectivity index (χ1) is 16.5. The van der Waals surface area contributed by atoms with E-state index in [4.69, 9.17) is 16.2 Å². The fraction of sp³-hybridized carbons (Fsp3) is 0.333. The number of nitrogens with zero attached hydrogens (tertiary/aromatic N) is 4. The monoisotopic (exact) mass is 465 g/mol. The highest BCUT2D eigenvalue weighted by atomic mass is 19.1. The van der Waals surface area contributed by atoms with Gasteiger partial charge in [0, 0.05) is 25.3 Å². The predicted octanol–water partition coefficient (Wildman–Crippen LogP) is 3.23. The molecule has 1 amide bonds. The van der Waals surface area contributed by atoms with Gasteiger partial charge in [-0.1, -0.05) is 6.92 Å². The lowest BCUT2D eigenvalue weighted by Crippen LogP contribution is -2.43. The van der Waals surface area contributed by atoms with Gasteiger partial charge in [0.1, 0.15) is 11.6 Å². The summed E-state index contributed by atoms with van der Waals surface area (Å²) in [7, 11) is 0. The van der Waals surface area contributed by atoms with Crippen molar-refractivity contribution in [3.8, 4) is 17.1 Å². The van der Waals surface area contributed by atoms with Gasteiger partial charge in [-0.3, -0.25) is 9.78 Å². The number of hydrogen-bond acceptors (Lipinski definition) is 8. The predicted molar refractivity (Wildman–Crippen MR) is 129 cm³/mol. The molecule has 34 heavy (non-hydrogen) atoms. The Morgan fingerprint density at radius 1 is 1.32 bits per heavy atom. The number of halogens is 1. The lowest BCUT2D eigenvalue weighted by atomic mass is 10.1. The highest BCUT2D eigenvalue weighted by Gasteiger charge is 2.22. The number of ether oxygens (including phenoxy) is 1. The Balaban J connectivity index is 1.61. The zero-order chi connectivity index (χ0) is 24.1. The Hall–Kier alpha value is -3.79. The Morgan fingerprint density at radius 3 is 2.97 bits per heavy atom. The SMILES string of the molecule is CCCOc1ccc(F)c(-c2ncc(N)c(C(=O)Nc3cnccc3N3CCC[C@H](N)C3)n2)c1. The standard InChI is InChI=1S/C24H28FN7O2/c1-2-10-34-16-5-6-18(25)17(11-16)23-29-12-19(27)22(31-23)24(33)30-20-13-28-8-7-21(20)32-9-3-4-15(26)14-32/h5-8,11-13,15H,2-4,9-10,14,26-27H2,1H3,(H,30,33)/t15-/m0/s1. The molecule has 3 heterocycles. The summed E-state index contributed by atoms with van der Waals surface area (Å²) < 4.78 is 20.1. The van der Waals surface area contributed by atoms with Crippen molar-refractivity contribution in [2.45, 2.75) is 32.2 Å². The van der Waals surface area contributed by atoms with Crippen molar-refractivity contribution in [3.63, 3.8) is 0 Å². The van der Waals surface area contributed by atoms with Gasteiger partial charge in [-0.15, -0.1) is 0 Å². The molecule has 10 heteroatoms. The Bertz CT molecular complexity index is 1170. The molecule has 0 saturated carbocycles. The van der Waals surface area contributed by atoms with Gasteiger partial charge in [0.15, 0.2) is 11.5 Å². The molecule has 4 rings (SSSR count). The maximum atomic E-state index is 14.6. The van der Waals surface area contributed by atoms with Crippen molar-refractivity contribution in [2.75, 3.05) is 35.6 Å². The minimum atomic E-state index is -0.546. The molecule has 3 aromatic rings. The molecule has 1 aliphatic rings. The topological polar surface area (TPSA) is 132 Å². The van der Waals surface area contributed by atoms with Crippen LogP contribution in [0.4, 0.5) is 21.5 Å². The maximum Gasteiger partial charge on any atom is 0.276 e. The molecule has 0 bridgehead atoms. The lowest BCUT2D eigenvalue weighted by Gasteiger charge is -2.33. The molecule has 1 aromatic carbocycles. The largest absolute Gasteiger partial charge is 0.494 e. The maximum absolute atomic E-state index is 14.6. The first kappa shape index (κ1) is 23.4. The third-order valence-corrected chi connectivity index (χ3v) is 5.53. The zero-order valence-corrected chi connectivity index (χ0v) is 19.0. The first-order valence-electron chi connectivity index (χ1n) is 11.3. The molecule has 0 radical (unpaired) electrons. The minimum absolute atomic E-state index is 0.0345. The number of aromatic nitrogens is 3. The molecule has 178 valence electrons. The number of rotatable bonds is 7. The molecule has 1 fully saturated rings. The van der Waals surface area contributed by atoms with Crippen LogP contribution in [0.15, 0.2) is 42.9 Å². The number of pyridine rings is 1. The van der Waals surface area contributed by atoms with E-state index in [2.05, 4.69) is 25.2 Å². The summed E-state index contributed by atoms with van der Waals surface area (Å²) >= 11 is 0. The highest BCUT2D eigenvalue weighted by Crippen LogP contribution is 2.29. The van der Waals surface area contributed by atoms with Crippen molar-refractivity contribution >= 4 is 23.0 Å². The van der Waals surface area contributed by atoms with Crippen LogP contribution in [0.25, 0.3) is 11.4 Å². The quantitative estimate of drug-likeness (QED) is 0.484. The number of carbonyl (C=O) groups is 1. The second-order valence-corrected chi connectivity index (χ2v) is 8.18. The number of piperidine rings is 1. The molecular formula is C24H28FN7O2. The van der Waals surface area contributed by atoms with Crippen LogP contribution >= 0.6 is 0 Å². The van der Waals surface area contributed by atoms with E-state index in [1.165, 1.54) is 24.4 Å². The molecule has 1 saturated heterocycles. The number of nitrogens with two attached hydrogens (primary N) is 2. The fourth-order valence-electron chi connectivity index (χ4n) is 3.86. The van der Waals surface area contributed by atoms with Crippen LogP contribution in [0.3, 0.4) is 0 Å². The molecule has 0 spiro atoms. The number of benzene rings is 1. The van der Waals surface area contributed by atoms with Crippen molar-refractivity contribution in [1.82, 2.24) is 15.0 Å². The average molecular weight is 466 g/mol. The molecule has 2 aromatic heterocycles. The summed E-state index contributed by atoms with van der Waals surface area (Å²) in [6, 6.07) is 6.23. The van der Waals surface area contributed by atoms with Crippen molar-refractivity contribution in [1.29, 1.82) is 0 Å². The van der Waals surface area contributed by atoms with Gasteiger partial charge in [0.05, 0.1) is 41.6 Å². The van der Waals surface area contributed by atoms with E-state index in [-0.39, 0.29) is 28.8 Å². The second kappa shape index (κ2) is 10.4. The van der Waals surface area contributed by atoms with E-state index < -0.39 is 11.7 Å². The molecular weight excluding hydrogens is 437 g/mol. The normalized spacial score (nSPS) is 15.7. The molecule has 0 unspecified atom stereocenters. The molecule has 9 nitrogen and oxygen atoms in total. The van der Waals surface area contributed by atoms with Gasteiger partial charge in [0.2, 0.25) is 0 Å². The average Bonchev–Trinajstić information content (AvgIpc) is 2.84. The van der Waals surface area contributed by atoms with Crippen LogP contribution in [0, 0.1) is 5.82 Å². The number of carbonyl (C=O) groups excluding carboxylic acids is 1. The van der Waals surface area contributed by atoms with Gasteiger partial charge in [-0.2, -0.15) is 0 Å². The summed E-state index contributed by atoms with van der Waals surface area (Å²) in [5.74, 6) is -0.553. The van der Waals surface area contributed by atoms with Crippen LogP contribution in [0.2, 0.25) is 0 Å². The second-order valence-electron chi connectivity index (χ2n) is 8.18. The van der Waals surface area contributed by atoms with E-state index in [1.807, 2.05) is 13.0 Å². The minimum Gasteiger partial charge on any atom is -0.494 e. The lowest BCUT2D eigenvalue weighted by molar-refractivity contribution is 0.102. The van der Waals surface area contributed by atoms with Gasteiger partial charge in [-0.05, 0) is 43.5 Å². The van der Waals surface area contributed by atoms with Crippen LogP contribution in [-0.4, -0.2) is 46.6 Å². The smallest absolute Gasteiger partial charge is 0.276 e. The number of amides is 1. The van der Waals surface area contributed by atoms with Crippen LogP contribution in [-0.2, 0) is 0 Å². The summed E-state index contributed by atoms with van der Waals surface area (Å²) in [4.78, 5) is 27.8. The molecule has 1 aliphatic heterocycles. The summed E-state index contributed by atoms with van der Waals surface area (Å²) in [6.07, 6.45) is 7.27. The van der Waals surface area contributed by atoms with Crippen molar-refractivity contribution in [3.05, 3.63) is 54.4 Å². The number of nitrogens with one attached hydrogen (secondary N) is 1. The van der Waals surface area contributed by atoms with E-state index in [1.54, 1.807) is 12.4 Å². The first-order valence-corrected chi connectivity index (χ1v) is 11.3. The van der Waals surface area contributed by atoms with Gasteiger partial charge < -0.3 is 26.4 Å². The third-order valence-electron chi connectivity index (χ3n) is 5.53.